The van der Waals surface area contributed by atoms with Crippen molar-refractivity contribution in [2.24, 2.45) is 17.8 Å². The lowest BCUT2D eigenvalue weighted by Crippen LogP contribution is -2.19. The molecule has 0 heterocycles. The summed E-state index contributed by atoms with van der Waals surface area (Å²) in [6, 6.07) is 17.5. The van der Waals surface area contributed by atoms with Crippen molar-refractivity contribution < 1.29 is 14.6 Å². The number of aryl methyl sites for hydroxylation is 1. The van der Waals surface area contributed by atoms with Gasteiger partial charge in [-0.15, -0.1) is 0 Å². The van der Waals surface area contributed by atoms with Crippen LogP contribution in [0.1, 0.15) is 82.8 Å². The van der Waals surface area contributed by atoms with E-state index in [9.17, 15) is 9.90 Å². The van der Waals surface area contributed by atoms with Crippen LogP contribution >= 0.6 is 0 Å². The van der Waals surface area contributed by atoms with Gasteiger partial charge in [-0.3, -0.25) is 0 Å². The number of benzene rings is 2. The smallest absolute Gasteiger partial charge is 0.333 e. The fraction of sp³-hybridized carbons (Fsp3) is 0.545. The minimum atomic E-state index is -0.405. The molecule has 1 saturated carbocycles. The van der Waals surface area contributed by atoms with Crippen molar-refractivity contribution >= 4 is 5.97 Å². The van der Waals surface area contributed by atoms with E-state index in [4.69, 9.17) is 4.74 Å². The highest BCUT2D eigenvalue weighted by Gasteiger charge is 2.20. The molecule has 1 atom stereocenters. The van der Waals surface area contributed by atoms with E-state index >= 15 is 0 Å². The molecule has 0 amide bonds. The van der Waals surface area contributed by atoms with Gasteiger partial charge in [0.2, 0.25) is 0 Å². The molecule has 2 aromatic carbocycles. The number of rotatable bonds is 14. The van der Waals surface area contributed by atoms with Crippen molar-refractivity contribution in [3.63, 3.8) is 0 Å². The minimum Gasteiger partial charge on any atom is -0.462 e. The van der Waals surface area contributed by atoms with Crippen LogP contribution in [0.4, 0.5) is 0 Å². The molecule has 0 radical (unpaired) electrons. The molecular weight excluding hydrogens is 444 g/mol. The molecule has 0 spiro atoms. The predicted molar refractivity (Wildman–Crippen MR) is 150 cm³/mol. The normalized spacial score (nSPS) is 18.5. The molecule has 0 saturated heterocycles. The predicted octanol–water partition coefficient (Wildman–Crippen LogP) is 7.94. The number of aliphatic hydroxyl groups excluding tert-OH is 1. The number of carbonyl (C=O) groups excluding carboxylic acids is 1. The summed E-state index contributed by atoms with van der Waals surface area (Å²) in [6.45, 7) is 7.70. The van der Waals surface area contributed by atoms with E-state index in [0.29, 0.717) is 12.0 Å². The van der Waals surface area contributed by atoms with Gasteiger partial charge in [0.05, 0.1) is 6.61 Å². The van der Waals surface area contributed by atoms with E-state index in [0.717, 1.165) is 17.4 Å². The van der Waals surface area contributed by atoms with E-state index < -0.39 is 5.97 Å². The van der Waals surface area contributed by atoms with Crippen LogP contribution < -0.4 is 0 Å². The average molecular weight is 491 g/mol. The highest BCUT2D eigenvalue weighted by Crippen LogP contribution is 2.34. The number of hydrogen-bond donors (Lipinski definition) is 1. The molecule has 3 heteroatoms. The van der Waals surface area contributed by atoms with E-state index in [-0.39, 0.29) is 19.1 Å². The molecule has 0 aromatic heterocycles. The molecule has 3 nitrogen and oxygen atoms in total. The van der Waals surface area contributed by atoms with Gasteiger partial charge in [-0.2, -0.15) is 0 Å². The van der Waals surface area contributed by atoms with Crippen molar-refractivity contribution in [2.45, 2.75) is 84.5 Å². The van der Waals surface area contributed by atoms with E-state index in [1.807, 2.05) is 0 Å². The van der Waals surface area contributed by atoms with Gasteiger partial charge in [-0.25, -0.2) is 4.79 Å². The van der Waals surface area contributed by atoms with Crippen molar-refractivity contribution in [3.8, 4) is 11.1 Å². The van der Waals surface area contributed by atoms with Gasteiger partial charge >= 0.3 is 5.97 Å². The third kappa shape index (κ3) is 9.24. The summed E-state index contributed by atoms with van der Waals surface area (Å²) < 4.78 is 5.22. The molecule has 196 valence electrons. The first kappa shape index (κ1) is 28.2. The topological polar surface area (TPSA) is 46.5 Å². The Bertz CT molecular complexity index is 920. The van der Waals surface area contributed by atoms with Gasteiger partial charge in [0.15, 0.2) is 0 Å². The SMILES string of the molecule is C=C(C)C(=O)OCC(CO)Cc1ccc(-c2ccc(CCC3CCC(CCCCC)CC3)cc2)cc1. The zero-order chi connectivity index (χ0) is 25.8. The monoisotopic (exact) mass is 490 g/mol. The lowest BCUT2D eigenvalue weighted by atomic mass is 9.78. The van der Waals surface area contributed by atoms with E-state index in [1.54, 1.807) is 6.92 Å². The molecule has 2 aromatic rings. The molecular formula is C33H46O3. The van der Waals surface area contributed by atoms with Gasteiger partial charge in [-0.1, -0.05) is 113 Å². The van der Waals surface area contributed by atoms with Gasteiger partial charge in [0.25, 0.3) is 0 Å². The Kier molecular flexibility index (Phi) is 11.7. The third-order valence-corrected chi connectivity index (χ3v) is 7.85. The summed E-state index contributed by atoms with van der Waals surface area (Å²) in [6.07, 6.45) is 14.5. The third-order valence-electron chi connectivity index (χ3n) is 7.85. The van der Waals surface area contributed by atoms with Crippen molar-refractivity contribution in [1.29, 1.82) is 0 Å². The van der Waals surface area contributed by atoms with Crippen LogP contribution in [0.5, 0.6) is 0 Å². The Morgan fingerprint density at radius 1 is 0.917 bits per heavy atom. The number of hydrogen-bond acceptors (Lipinski definition) is 3. The molecule has 0 bridgehead atoms. The van der Waals surface area contributed by atoms with Crippen molar-refractivity contribution in [1.82, 2.24) is 0 Å². The Morgan fingerprint density at radius 2 is 1.47 bits per heavy atom. The molecule has 1 N–H and O–H groups in total. The standard InChI is InChI=1S/C33H46O3/c1-4-5-6-7-26-8-10-27(11-9-26)12-13-28-14-18-31(19-15-28)32-20-16-29(17-21-32)22-30(23-34)24-36-33(35)25(2)3/h14-21,26-27,30,34H,2,4-13,22-24H2,1,3H3. The summed E-state index contributed by atoms with van der Waals surface area (Å²) in [5.41, 5.74) is 5.37. The van der Waals surface area contributed by atoms with Gasteiger partial charge in [0, 0.05) is 18.1 Å². The van der Waals surface area contributed by atoms with Gasteiger partial charge in [0.1, 0.15) is 0 Å². The van der Waals surface area contributed by atoms with Crippen LogP contribution in [-0.4, -0.2) is 24.3 Å². The Balaban J connectivity index is 1.43. The number of unbranched alkanes of at least 4 members (excludes halogenated alkanes) is 2. The molecule has 36 heavy (non-hydrogen) atoms. The second-order valence-electron chi connectivity index (χ2n) is 10.9. The molecule has 1 aliphatic rings. The molecule has 3 rings (SSSR count). The van der Waals surface area contributed by atoms with Crippen LogP contribution in [0.15, 0.2) is 60.7 Å². The highest BCUT2D eigenvalue weighted by molar-refractivity contribution is 5.86. The van der Waals surface area contributed by atoms with E-state index in [2.05, 4.69) is 62.0 Å². The average Bonchev–Trinajstić information content (AvgIpc) is 2.91. The van der Waals surface area contributed by atoms with Crippen LogP contribution in [0.3, 0.4) is 0 Å². The summed E-state index contributed by atoms with van der Waals surface area (Å²) in [5, 5.41) is 9.66. The second-order valence-corrected chi connectivity index (χ2v) is 10.9. The Labute approximate surface area is 219 Å². The number of aliphatic hydroxyl groups is 1. The lowest BCUT2D eigenvalue weighted by Gasteiger charge is -2.28. The number of ether oxygens (including phenoxy) is 1. The molecule has 1 unspecified atom stereocenters. The van der Waals surface area contributed by atoms with Gasteiger partial charge < -0.3 is 9.84 Å². The number of carbonyl (C=O) groups is 1. The van der Waals surface area contributed by atoms with Crippen LogP contribution in [0, 0.1) is 17.8 Å². The lowest BCUT2D eigenvalue weighted by molar-refractivity contribution is -0.140. The maximum absolute atomic E-state index is 11.6. The zero-order valence-electron chi connectivity index (χ0n) is 22.5. The van der Waals surface area contributed by atoms with Crippen LogP contribution in [-0.2, 0) is 22.4 Å². The largest absolute Gasteiger partial charge is 0.462 e. The summed E-state index contributed by atoms with van der Waals surface area (Å²) in [5.74, 6) is 1.38. The molecule has 0 aliphatic heterocycles. The Morgan fingerprint density at radius 3 is 2.00 bits per heavy atom. The highest BCUT2D eigenvalue weighted by atomic mass is 16.5. The minimum absolute atomic E-state index is 0.0208. The summed E-state index contributed by atoms with van der Waals surface area (Å²) >= 11 is 0. The van der Waals surface area contributed by atoms with Crippen molar-refractivity contribution in [3.05, 3.63) is 71.8 Å². The van der Waals surface area contributed by atoms with Crippen molar-refractivity contribution in [2.75, 3.05) is 13.2 Å². The van der Waals surface area contributed by atoms with Crippen LogP contribution in [0.2, 0.25) is 0 Å². The maximum atomic E-state index is 11.6. The summed E-state index contributed by atoms with van der Waals surface area (Å²) in [4.78, 5) is 11.6. The first-order valence-electron chi connectivity index (χ1n) is 14.1. The maximum Gasteiger partial charge on any atom is 0.333 e. The molecule has 1 aliphatic carbocycles. The Hall–Kier alpha value is -2.39. The van der Waals surface area contributed by atoms with Gasteiger partial charge in [-0.05, 0) is 60.3 Å². The van der Waals surface area contributed by atoms with E-state index in [1.165, 1.54) is 80.9 Å². The fourth-order valence-corrected chi connectivity index (χ4v) is 5.39. The first-order chi connectivity index (χ1) is 17.5. The fourth-order valence-electron chi connectivity index (χ4n) is 5.39. The number of esters is 1. The van der Waals surface area contributed by atoms with Crippen LogP contribution in [0.25, 0.3) is 11.1 Å². The first-order valence-corrected chi connectivity index (χ1v) is 14.1. The zero-order valence-corrected chi connectivity index (χ0v) is 22.5. The molecule has 1 fully saturated rings. The summed E-state index contributed by atoms with van der Waals surface area (Å²) in [7, 11) is 0. The second kappa shape index (κ2) is 15.0. The quantitative estimate of drug-likeness (QED) is 0.166.